The zero-order valence-electron chi connectivity index (χ0n) is 14.1. The average molecular weight is 358 g/mol. The fourth-order valence-corrected chi connectivity index (χ4v) is 3.30. The van der Waals surface area contributed by atoms with Crippen LogP contribution in [0.3, 0.4) is 0 Å². The van der Waals surface area contributed by atoms with Crippen LogP contribution in [0, 0.1) is 11.6 Å². The van der Waals surface area contributed by atoms with Gasteiger partial charge in [-0.25, -0.2) is 18.3 Å². The number of nitrogens with one attached hydrogen (secondary N) is 2. The molecule has 0 bridgehead atoms. The maximum atomic E-state index is 14.0. The molecule has 6 nitrogen and oxygen atoms in total. The summed E-state index contributed by atoms with van der Waals surface area (Å²) in [5.74, 6) is -1.18. The highest BCUT2D eigenvalue weighted by molar-refractivity contribution is 5.76. The van der Waals surface area contributed by atoms with Crippen molar-refractivity contribution in [1.29, 1.82) is 0 Å². The molecule has 0 amide bonds. The van der Waals surface area contributed by atoms with E-state index in [0.29, 0.717) is 23.2 Å². The summed E-state index contributed by atoms with van der Waals surface area (Å²) in [5, 5.41) is 10.8. The van der Waals surface area contributed by atoms with E-state index < -0.39 is 11.6 Å². The van der Waals surface area contributed by atoms with Crippen molar-refractivity contribution in [3.05, 3.63) is 48.3 Å². The molecule has 0 saturated heterocycles. The maximum absolute atomic E-state index is 14.0. The Labute approximate surface area is 149 Å². The molecule has 1 saturated carbocycles. The van der Waals surface area contributed by atoms with Gasteiger partial charge < -0.3 is 16.4 Å². The number of nitrogens with zero attached hydrogens (tertiary/aromatic N) is 3. The zero-order valence-corrected chi connectivity index (χ0v) is 14.1. The number of rotatable bonds is 4. The van der Waals surface area contributed by atoms with Gasteiger partial charge in [-0.05, 0) is 37.8 Å². The fraction of sp³-hybridized carbons (Fsp3) is 0.333. The van der Waals surface area contributed by atoms with Crippen molar-refractivity contribution >= 4 is 22.8 Å². The summed E-state index contributed by atoms with van der Waals surface area (Å²) in [7, 11) is 0. The topological polar surface area (TPSA) is 80.3 Å². The number of anilines is 3. The van der Waals surface area contributed by atoms with Crippen LogP contribution in [0.2, 0.25) is 0 Å². The molecule has 1 aliphatic carbocycles. The molecule has 136 valence electrons. The van der Waals surface area contributed by atoms with E-state index in [-0.39, 0.29) is 11.7 Å². The van der Waals surface area contributed by atoms with E-state index in [4.69, 9.17) is 5.73 Å². The van der Waals surface area contributed by atoms with Gasteiger partial charge in [0.1, 0.15) is 5.82 Å². The highest BCUT2D eigenvalue weighted by Crippen LogP contribution is 2.27. The van der Waals surface area contributed by atoms with Crippen molar-refractivity contribution in [2.45, 2.75) is 37.8 Å². The number of halogens is 2. The van der Waals surface area contributed by atoms with Gasteiger partial charge in [-0.3, -0.25) is 0 Å². The Hall–Kier alpha value is -2.74. The lowest BCUT2D eigenvalue weighted by atomic mass is 9.92. The molecule has 2 heterocycles. The van der Waals surface area contributed by atoms with Crippen molar-refractivity contribution in [2.75, 3.05) is 10.6 Å². The van der Waals surface area contributed by atoms with E-state index in [2.05, 4.69) is 20.7 Å². The Kier molecular flexibility index (Phi) is 4.42. The predicted molar refractivity (Wildman–Crippen MR) is 96.5 cm³/mol. The lowest BCUT2D eigenvalue weighted by Gasteiger charge is -2.27. The smallest absolute Gasteiger partial charge is 0.182 e. The van der Waals surface area contributed by atoms with Crippen molar-refractivity contribution in [2.24, 2.45) is 5.73 Å². The van der Waals surface area contributed by atoms with E-state index >= 15 is 0 Å². The summed E-state index contributed by atoms with van der Waals surface area (Å²) in [5.41, 5.74) is 7.09. The minimum Gasteiger partial charge on any atom is -0.366 e. The minimum atomic E-state index is -0.926. The third-order valence-electron chi connectivity index (χ3n) is 4.70. The molecule has 0 unspecified atom stereocenters. The van der Waals surface area contributed by atoms with E-state index in [1.807, 2.05) is 0 Å². The Balaban J connectivity index is 1.63. The van der Waals surface area contributed by atoms with Gasteiger partial charge in [0.25, 0.3) is 0 Å². The van der Waals surface area contributed by atoms with Gasteiger partial charge in [0.05, 0.1) is 11.4 Å². The van der Waals surface area contributed by atoms with Gasteiger partial charge in [0.15, 0.2) is 17.3 Å². The van der Waals surface area contributed by atoms with Gasteiger partial charge in [-0.1, -0.05) is 6.07 Å². The number of nitrogens with two attached hydrogens (primary N) is 1. The van der Waals surface area contributed by atoms with Gasteiger partial charge in [-0.15, -0.1) is 5.10 Å². The second kappa shape index (κ2) is 6.87. The first-order valence-corrected chi connectivity index (χ1v) is 8.67. The Morgan fingerprint density at radius 1 is 1.12 bits per heavy atom. The summed E-state index contributed by atoms with van der Waals surface area (Å²) in [6.07, 6.45) is 7.23. The third kappa shape index (κ3) is 3.32. The number of benzene rings is 1. The lowest BCUT2D eigenvalue weighted by Crippen LogP contribution is -2.33. The van der Waals surface area contributed by atoms with Crippen molar-refractivity contribution < 1.29 is 8.78 Å². The molecular weight excluding hydrogens is 338 g/mol. The van der Waals surface area contributed by atoms with Gasteiger partial charge in [-0.2, -0.15) is 0 Å². The molecule has 8 heteroatoms. The molecule has 1 aromatic carbocycles. The molecule has 26 heavy (non-hydrogen) atoms. The normalized spacial score (nSPS) is 20.3. The van der Waals surface area contributed by atoms with Crippen LogP contribution in [0.5, 0.6) is 0 Å². The molecule has 0 aliphatic heterocycles. The minimum absolute atomic E-state index is 0.0516. The van der Waals surface area contributed by atoms with Crippen LogP contribution < -0.4 is 16.4 Å². The van der Waals surface area contributed by atoms with E-state index in [9.17, 15) is 8.78 Å². The molecule has 1 fully saturated rings. The molecule has 4 N–H and O–H groups in total. The monoisotopic (exact) mass is 358 g/mol. The first kappa shape index (κ1) is 16.7. The van der Waals surface area contributed by atoms with Crippen LogP contribution in [0.1, 0.15) is 25.7 Å². The summed E-state index contributed by atoms with van der Waals surface area (Å²) in [6.45, 7) is 0. The Bertz CT molecular complexity index is 917. The second-order valence-electron chi connectivity index (χ2n) is 6.62. The molecule has 2 aromatic heterocycles. The number of fused-ring (bicyclic) bond motifs is 1. The number of hydrogen-bond acceptors (Lipinski definition) is 5. The first-order chi connectivity index (χ1) is 12.6. The van der Waals surface area contributed by atoms with Crippen molar-refractivity contribution in [1.82, 2.24) is 14.6 Å². The molecule has 0 spiro atoms. The molecule has 4 rings (SSSR count). The van der Waals surface area contributed by atoms with Crippen LogP contribution >= 0.6 is 0 Å². The maximum Gasteiger partial charge on any atom is 0.182 e. The number of imidazole rings is 1. The van der Waals surface area contributed by atoms with Crippen LogP contribution in [-0.4, -0.2) is 26.7 Å². The molecule has 0 atom stereocenters. The average Bonchev–Trinajstić information content (AvgIpc) is 3.10. The Morgan fingerprint density at radius 3 is 2.73 bits per heavy atom. The highest BCUT2D eigenvalue weighted by atomic mass is 19.2. The third-order valence-corrected chi connectivity index (χ3v) is 4.70. The van der Waals surface area contributed by atoms with Gasteiger partial charge >= 0.3 is 0 Å². The number of hydrogen-bond donors (Lipinski definition) is 3. The first-order valence-electron chi connectivity index (χ1n) is 8.67. The summed E-state index contributed by atoms with van der Waals surface area (Å²) < 4.78 is 29.1. The Morgan fingerprint density at radius 2 is 1.92 bits per heavy atom. The van der Waals surface area contributed by atoms with E-state index in [1.54, 1.807) is 23.0 Å². The van der Waals surface area contributed by atoms with Gasteiger partial charge in [0, 0.05) is 30.5 Å². The molecule has 0 radical (unpaired) electrons. The summed E-state index contributed by atoms with van der Waals surface area (Å²) in [6, 6.07) is 6.34. The van der Waals surface area contributed by atoms with E-state index in [0.717, 1.165) is 31.7 Å². The van der Waals surface area contributed by atoms with Crippen LogP contribution in [0.15, 0.2) is 36.7 Å². The summed E-state index contributed by atoms with van der Waals surface area (Å²) >= 11 is 0. The highest BCUT2D eigenvalue weighted by Gasteiger charge is 2.19. The van der Waals surface area contributed by atoms with Gasteiger partial charge in [0.2, 0.25) is 0 Å². The lowest BCUT2D eigenvalue weighted by molar-refractivity contribution is 0.410. The second-order valence-corrected chi connectivity index (χ2v) is 6.62. The summed E-state index contributed by atoms with van der Waals surface area (Å²) in [4.78, 5) is 4.24. The van der Waals surface area contributed by atoms with Crippen LogP contribution in [0.4, 0.5) is 26.0 Å². The largest absolute Gasteiger partial charge is 0.366 e. The fourth-order valence-electron chi connectivity index (χ4n) is 3.30. The molecule has 3 aromatic rings. The predicted octanol–water partition coefficient (Wildman–Crippen LogP) is 3.43. The van der Waals surface area contributed by atoms with E-state index in [1.165, 1.54) is 12.1 Å². The molecular formula is C18H20F2N6. The van der Waals surface area contributed by atoms with Crippen molar-refractivity contribution in [3.8, 4) is 0 Å². The molecule has 1 aliphatic rings. The van der Waals surface area contributed by atoms with Crippen molar-refractivity contribution in [3.63, 3.8) is 0 Å². The quantitative estimate of drug-likeness (QED) is 0.666. The standard InChI is InChI=1S/C18H20F2N6/c19-13-2-1-3-14(17(13)20)24-15-10-16(25-26-9-8-22-18(15)26)23-12-6-4-11(21)5-7-12/h1-3,8-12,24H,4-7,21H2,(H,23,25). The zero-order chi connectivity index (χ0) is 18.1. The van der Waals surface area contributed by atoms with Crippen LogP contribution in [0.25, 0.3) is 5.65 Å². The van der Waals surface area contributed by atoms with Crippen LogP contribution in [-0.2, 0) is 0 Å². The number of aromatic nitrogens is 3. The SMILES string of the molecule is NC1CCC(Nc2cc(Nc3cccc(F)c3F)c3nccn3n2)CC1.